The van der Waals surface area contributed by atoms with Crippen LogP contribution in [0, 0.1) is 0 Å². The van der Waals surface area contributed by atoms with E-state index < -0.39 is 21.0 Å². The molecule has 0 aromatic carbocycles. The second kappa shape index (κ2) is 3.95. The van der Waals surface area contributed by atoms with E-state index in [0.29, 0.717) is 0 Å². The van der Waals surface area contributed by atoms with Gasteiger partial charge in [0.1, 0.15) is 0 Å². The van der Waals surface area contributed by atoms with Crippen molar-refractivity contribution < 1.29 is 13.2 Å². The highest BCUT2D eigenvalue weighted by molar-refractivity contribution is 7.89. The van der Waals surface area contributed by atoms with Gasteiger partial charge in [0, 0.05) is 20.3 Å². The molecule has 1 aromatic heterocycles. The van der Waals surface area contributed by atoms with Gasteiger partial charge in [-0.1, -0.05) is 0 Å². The molecule has 0 saturated heterocycles. The second-order valence-corrected chi connectivity index (χ2v) is 4.58. The summed E-state index contributed by atoms with van der Waals surface area (Å²) in [5, 5.41) is 4.54. The van der Waals surface area contributed by atoms with Crippen molar-refractivity contribution in [2.45, 2.75) is 5.03 Å². The molecule has 1 aromatic rings. The highest BCUT2D eigenvalue weighted by Gasteiger charge is 2.21. The number of pyridine rings is 1. The third-order valence-electron chi connectivity index (χ3n) is 1.68. The fourth-order valence-corrected chi connectivity index (χ4v) is 1.69. The van der Waals surface area contributed by atoms with Crippen LogP contribution in [0.1, 0.15) is 10.4 Å². The summed E-state index contributed by atoms with van der Waals surface area (Å²) in [7, 11) is -0.938. The topological polar surface area (TPSA) is 93.4 Å². The van der Waals surface area contributed by atoms with Crippen LogP contribution in [0.15, 0.2) is 23.4 Å². The van der Waals surface area contributed by atoms with Crippen LogP contribution in [0.2, 0.25) is 0 Å². The molecule has 7 heteroatoms. The summed E-state index contributed by atoms with van der Waals surface area (Å²) in [4.78, 5) is 16.4. The molecule has 1 heterocycles. The number of amides is 1. The van der Waals surface area contributed by atoms with E-state index in [2.05, 4.69) is 4.98 Å². The van der Waals surface area contributed by atoms with Crippen LogP contribution in [-0.2, 0) is 10.0 Å². The smallest absolute Gasteiger partial charge is 0.256 e. The van der Waals surface area contributed by atoms with Gasteiger partial charge in [-0.05, 0) is 12.1 Å². The maximum Gasteiger partial charge on any atom is 0.256 e. The zero-order valence-electron chi connectivity index (χ0n) is 8.34. The SMILES string of the molecule is CN(C)C(=O)c1cccnc1S(N)(=O)=O. The van der Waals surface area contributed by atoms with E-state index >= 15 is 0 Å². The van der Waals surface area contributed by atoms with Crippen molar-refractivity contribution in [1.29, 1.82) is 0 Å². The quantitative estimate of drug-likeness (QED) is 0.735. The van der Waals surface area contributed by atoms with E-state index in [9.17, 15) is 13.2 Å². The standard InChI is InChI=1S/C8H11N3O3S/c1-11(2)8(12)6-4-3-5-10-7(6)15(9,13)14/h3-5H,1-2H3,(H2,9,13,14). The number of primary sulfonamides is 1. The first-order valence-electron chi connectivity index (χ1n) is 4.03. The summed E-state index contributed by atoms with van der Waals surface area (Å²) in [5.41, 5.74) is -0.0231. The molecular formula is C8H11N3O3S. The van der Waals surface area contributed by atoms with E-state index in [4.69, 9.17) is 5.14 Å². The Bertz CT molecular complexity index is 482. The molecule has 6 nitrogen and oxygen atoms in total. The Labute approximate surface area is 87.8 Å². The van der Waals surface area contributed by atoms with E-state index in [1.807, 2.05) is 0 Å². The average molecular weight is 229 g/mol. The van der Waals surface area contributed by atoms with Gasteiger partial charge in [-0.15, -0.1) is 0 Å². The molecule has 0 unspecified atom stereocenters. The zero-order valence-corrected chi connectivity index (χ0v) is 9.15. The van der Waals surface area contributed by atoms with E-state index in [-0.39, 0.29) is 5.56 Å². The van der Waals surface area contributed by atoms with Gasteiger partial charge in [-0.3, -0.25) is 4.79 Å². The van der Waals surface area contributed by atoms with Crippen LogP contribution in [0.5, 0.6) is 0 Å². The average Bonchev–Trinajstić information content (AvgIpc) is 2.15. The summed E-state index contributed by atoms with van der Waals surface area (Å²) in [5.74, 6) is -0.452. The number of nitrogens with zero attached hydrogens (tertiary/aromatic N) is 2. The van der Waals surface area contributed by atoms with Crippen molar-refractivity contribution in [2.75, 3.05) is 14.1 Å². The third-order valence-corrected chi connectivity index (χ3v) is 2.54. The Balaban J connectivity index is 3.38. The number of hydrogen-bond acceptors (Lipinski definition) is 4. The maximum atomic E-state index is 11.6. The lowest BCUT2D eigenvalue weighted by molar-refractivity contribution is 0.0823. The first-order chi connectivity index (χ1) is 6.84. The minimum atomic E-state index is -3.97. The highest BCUT2D eigenvalue weighted by Crippen LogP contribution is 2.11. The minimum Gasteiger partial charge on any atom is -0.345 e. The van der Waals surface area contributed by atoms with E-state index in [1.54, 1.807) is 0 Å². The van der Waals surface area contributed by atoms with Gasteiger partial charge in [0.15, 0.2) is 5.03 Å². The molecule has 2 N–H and O–H groups in total. The molecule has 82 valence electrons. The number of carbonyl (C=O) groups excluding carboxylic acids is 1. The highest BCUT2D eigenvalue weighted by atomic mass is 32.2. The first kappa shape index (κ1) is 11.6. The van der Waals surface area contributed by atoms with Gasteiger partial charge >= 0.3 is 0 Å². The Morgan fingerprint density at radius 3 is 2.53 bits per heavy atom. The van der Waals surface area contributed by atoms with Crippen molar-refractivity contribution in [3.63, 3.8) is 0 Å². The second-order valence-electron chi connectivity index (χ2n) is 3.10. The first-order valence-corrected chi connectivity index (χ1v) is 5.58. The minimum absolute atomic E-state index is 0.0231. The van der Waals surface area contributed by atoms with Gasteiger partial charge in [-0.25, -0.2) is 18.5 Å². The molecule has 0 fully saturated rings. The van der Waals surface area contributed by atoms with Crippen molar-refractivity contribution >= 4 is 15.9 Å². The number of aromatic nitrogens is 1. The Hall–Kier alpha value is -1.47. The van der Waals surface area contributed by atoms with Crippen LogP contribution < -0.4 is 5.14 Å². The Morgan fingerprint density at radius 2 is 2.07 bits per heavy atom. The normalized spacial score (nSPS) is 11.1. The molecule has 1 rings (SSSR count). The van der Waals surface area contributed by atoms with Crippen molar-refractivity contribution in [3.05, 3.63) is 23.9 Å². The molecule has 0 spiro atoms. The van der Waals surface area contributed by atoms with Gasteiger partial charge in [0.2, 0.25) is 0 Å². The predicted octanol–water partition coefficient (Wildman–Crippen LogP) is -0.569. The molecule has 0 aliphatic rings. The van der Waals surface area contributed by atoms with Gasteiger partial charge in [0.05, 0.1) is 5.56 Å². The number of carbonyl (C=O) groups is 1. The molecule has 0 radical (unpaired) electrons. The number of sulfonamides is 1. The number of hydrogen-bond donors (Lipinski definition) is 1. The monoisotopic (exact) mass is 229 g/mol. The molecule has 0 bridgehead atoms. The summed E-state index contributed by atoms with van der Waals surface area (Å²) >= 11 is 0. The van der Waals surface area contributed by atoms with E-state index in [1.165, 1.54) is 37.3 Å². The molecule has 0 atom stereocenters. The van der Waals surface area contributed by atoms with Gasteiger partial charge in [0.25, 0.3) is 15.9 Å². The summed E-state index contributed by atoms with van der Waals surface area (Å²) in [6.45, 7) is 0. The fourth-order valence-electron chi connectivity index (χ4n) is 1.02. The summed E-state index contributed by atoms with van der Waals surface area (Å²) < 4.78 is 22.3. The molecule has 1 amide bonds. The van der Waals surface area contributed by atoms with Crippen LogP contribution >= 0.6 is 0 Å². The van der Waals surface area contributed by atoms with E-state index in [0.717, 1.165) is 0 Å². The molecule has 0 saturated carbocycles. The van der Waals surface area contributed by atoms with Crippen LogP contribution in [-0.4, -0.2) is 38.3 Å². The van der Waals surface area contributed by atoms with Crippen LogP contribution in [0.4, 0.5) is 0 Å². The maximum absolute atomic E-state index is 11.6. The summed E-state index contributed by atoms with van der Waals surface area (Å²) in [6, 6.07) is 2.85. The van der Waals surface area contributed by atoms with Crippen molar-refractivity contribution in [1.82, 2.24) is 9.88 Å². The molecule has 0 aliphatic carbocycles. The lowest BCUT2D eigenvalue weighted by atomic mass is 10.2. The predicted molar refractivity (Wildman–Crippen MR) is 53.6 cm³/mol. The molecule has 15 heavy (non-hydrogen) atoms. The van der Waals surface area contributed by atoms with Crippen LogP contribution in [0.3, 0.4) is 0 Å². The molecular weight excluding hydrogens is 218 g/mol. The third kappa shape index (κ3) is 2.51. The molecule has 0 aliphatic heterocycles. The fraction of sp³-hybridized carbons (Fsp3) is 0.250. The largest absolute Gasteiger partial charge is 0.345 e. The number of nitrogens with two attached hydrogens (primary N) is 1. The van der Waals surface area contributed by atoms with Crippen molar-refractivity contribution in [2.24, 2.45) is 5.14 Å². The van der Waals surface area contributed by atoms with Crippen molar-refractivity contribution in [3.8, 4) is 0 Å². The number of rotatable bonds is 2. The lowest BCUT2D eigenvalue weighted by Crippen LogP contribution is -2.26. The summed E-state index contributed by atoms with van der Waals surface area (Å²) in [6.07, 6.45) is 1.27. The van der Waals surface area contributed by atoms with Gasteiger partial charge in [-0.2, -0.15) is 0 Å². The lowest BCUT2D eigenvalue weighted by Gasteiger charge is -2.11. The van der Waals surface area contributed by atoms with Gasteiger partial charge < -0.3 is 4.90 Å². The Morgan fingerprint density at radius 1 is 1.47 bits per heavy atom. The zero-order chi connectivity index (χ0) is 11.6. The Kier molecular flexibility index (Phi) is 3.06. The van der Waals surface area contributed by atoms with Crippen LogP contribution in [0.25, 0.3) is 0 Å².